The number of nitrogens with one attached hydrogen (secondary N) is 2. The Hall–Kier alpha value is -2.84. The number of hydrogen-bond donors (Lipinski definition) is 2. The number of amides is 1. The summed E-state index contributed by atoms with van der Waals surface area (Å²) in [7, 11) is -3.76. The van der Waals surface area contributed by atoms with Crippen molar-refractivity contribution in [2.24, 2.45) is 5.92 Å². The van der Waals surface area contributed by atoms with E-state index in [4.69, 9.17) is 4.74 Å². The van der Waals surface area contributed by atoms with E-state index < -0.39 is 10.0 Å². The Balaban J connectivity index is 1.72. The lowest BCUT2D eigenvalue weighted by Crippen LogP contribution is -2.15. The number of hydrogen-bond acceptors (Lipinski definition) is 4. The van der Waals surface area contributed by atoms with Gasteiger partial charge in [-0.25, -0.2) is 8.42 Å². The first-order valence-electron chi connectivity index (χ1n) is 11.0. The minimum Gasteiger partial charge on any atom is -0.493 e. The Morgan fingerprint density at radius 2 is 1.62 bits per heavy atom. The van der Waals surface area contributed by atoms with E-state index in [-0.39, 0.29) is 10.8 Å². The first-order valence-corrected chi connectivity index (χ1v) is 13.3. The third kappa shape index (κ3) is 6.84. The lowest BCUT2D eigenvalue weighted by Gasteiger charge is -2.14. The van der Waals surface area contributed by atoms with Gasteiger partial charge in [0.15, 0.2) is 0 Å². The molecule has 180 valence electrons. The van der Waals surface area contributed by atoms with Crippen LogP contribution in [0.5, 0.6) is 5.75 Å². The van der Waals surface area contributed by atoms with Crippen molar-refractivity contribution in [2.75, 3.05) is 16.6 Å². The Bertz CT molecular complexity index is 1270. The van der Waals surface area contributed by atoms with Gasteiger partial charge in [-0.3, -0.25) is 9.52 Å². The molecule has 0 aliphatic rings. The van der Waals surface area contributed by atoms with E-state index in [0.29, 0.717) is 35.2 Å². The molecule has 1 amide bonds. The zero-order valence-corrected chi connectivity index (χ0v) is 22.1. The van der Waals surface area contributed by atoms with Crippen LogP contribution in [-0.2, 0) is 10.0 Å². The summed E-state index contributed by atoms with van der Waals surface area (Å²) in [4.78, 5) is 13.0. The molecule has 0 heterocycles. The van der Waals surface area contributed by atoms with Crippen LogP contribution in [0.4, 0.5) is 11.4 Å². The fraction of sp³-hybridized carbons (Fsp3) is 0.269. The zero-order valence-electron chi connectivity index (χ0n) is 19.7. The number of halogens is 1. The molecule has 0 unspecified atom stereocenters. The molecular weight excluding hydrogens is 516 g/mol. The van der Waals surface area contributed by atoms with Crippen LogP contribution in [-0.4, -0.2) is 20.9 Å². The average molecular weight is 545 g/mol. The largest absolute Gasteiger partial charge is 0.493 e. The van der Waals surface area contributed by atoms with Crippen LogP contribution in [0.3, 0.4) is 0 Å². The standard InChI is InChI=1S/C26H29BrN2O4S/c1-17(2)13-14-33-25-12-6-20(27)16-24(25)26(30)28-21-8-10-23(11-9-21)34(31,32)29-22-7-5-18(3)19(4)15-22/h5-12,15-17,29H,13-14H2,1-4H3,(H,28,30). The van der Waals surface area contributed by atoms with Gasteiger partial charge < -0.3 is 10.1 Å². The Morgan fingerprint density at radius 3 is 2.26 bits per heavy atom. The number of carbonyl (C=O) groups excluding carboxylic acids is 1. The van der Waals surface area contributed by atoms with Crippen molar-refractivity contribution in [3.63, 3.8) is 0 Å². The molecule has 0 fully saturated rings. The van der Waals surface area contributed by atoms with Gasteiger partial charge in [0.05, 0.1) is 17.1 Å². The maximum Gasteiger partial charge on any atom is 0.261 e. The fourth-order valence-electron chi connectivity index (χ4n) is 3.14. The quantitative estimate of drug-likeness (QED) is 0.320. The smallest absolute Gasteiger partial charge is 0.261 e. The van der Waals surface area contributed by atoms with Crippen LogP contribution in [0.1, 0.15) is 41.8 Å². The number of aryl methyl sites for hydroxylation is 2. The van der Waals surface area contributed by atoms with Crippen LogP contribution < -0.4 is 14.8 Å². The van der Waals surface area contributed by atoms with Crippen molar-refractivity contribution in [1.82, 2.24) is 0 Å². The highest BCUT2D eigenvalue weighted by molar-refractivity contribution is 9.10. The van der Waals surface area contributed by atoms with Crippen molar-refractivity contribution >= 4 is 43.2 Å². The number of benzene rings is 3. The number of sulfonamides is 1. The average Bonchev–Trinajstić information content (AvgIpc) is 2.77. The van der Waals surface area contributed by atoms with Gasteiger partial charge in [0.1, 0.15) is 5.75 Å². The van der Waals surface area contributed by atoms with E-state index in [1.165, 1.54) is 12.1 Å². The molecular formula is C26H29BrN2O4S. The minimum absolute atomic E-state index is 0.101. The molecule has 0 atom stereocenters. The number of anilines is 2. The van der Waals surface area contributed by atoms with Gasteiger partial charge in [-0.1, -0.05) is 35.8 Å². The molecule has 0 aromatic heterocycles. The van der Waals surface area contributed by atoms with Gasteiger partial charge in [-0.05, 0) is 91.9 Å². The van der Waals surface area contributed by atoms with Crippen molar-refractivity contribution in [2.45, 2.75) is 39.0 Å². The summed E-state index contributed by atoms with van der Waals surface area (Å²) in [5.74, 6) is 0.648. The second-order valence-electron chi connectivity index (χ2n) is 8.55. The van der Waals surface area contributed by atoms with E-state index in [1.807, 2.05) is 26.0 Å². The third-order valence-electron chi connectivity index (χ3n) is 5.32. The summed E-state index contributed by atoms with van der Waals surface area (Å²) in [5, 5.41) is 2.81. The summed E-state index contributed by atoms with van der Waals surface area (Å²) in [6, 6.07) is 16.7. The maximum absolute atomic E-state index is 12.9. The molecule has 3 aromatic rings. The van der Waals surface area contributed by atoms with Gasteiger partial charge in [-0.2, -0.15) is 0 Å². The van der Waals surface area contributed by atoms with Crippen LogP contribution in [0.15, 0.2) is 70.0 Å². The maximum atomic E-state index is 12.9. The molecule has 0 aliphatic carbocycles. The molecule has 6 nitrogen and oxygen atoms in total. The highest BCUT2D eigenvalue weighted by Crippen LogP contribution is 2.26. The Labute approximate surface area is 209 Å². The molecule has 0 spiro atoms. The lowest BCUT2D eigenvalue weighted by molar-refractivity contribution is 0.102. The molecule has 8 heteroatoms. The van der Waals surface area contributed by atoms with Gasteiger partial charge in [0.2, 0.25) is 0 Å². The van der Waals surface area contributed by atoms with E-state index in [0.717, 1.165) is 22.0 Å². The van der Waals surface area contributed by atoms with E-state index in [1.54, 1.807) is 36.4 Å². The van der Waals surface area contributed by atoms with E-state index in [9.17, 15) is 13.2 Å². The second kappa shape index (κ2) is 11.1. The summed E-state index contributed by atoms with van der Waals surface area (Å²) in [5.41, 5.74) is 3.45. The summed E-state index contributed by atoms with van der Waals surface area (Å²) < 4.78 is 34.7. The molecule has 0 bridgehead atoms. The third-order valence-corrected chi connectivity index (χ3v) is 7.21. The van der Waals surface area contributed by atoms with E-state index in [2.05, 4.69) is 39.8 Å². The van der Waals surface area contributed by atoms with Crippen LogP contribution in [0, 0.1) is 19.8 Å². The topological polar surface area (TPSA) is 84.5 Å². The highest BCUT2D eigenvalue weighted by Gasteiger charge is 2.17. The lowest BCUT2D eigenvalue weighted by atomic mass is 10.1. The van der Waals surface area contributed by atoms with Gasteiger partial charge in [0, 0.05) is 15.8 Å². The molecule has 0 radical (unpaired) electrons. The van der Waals surface area contributed by atoms with Gasteiger partial charge in [-0.15, -0.1) is 0 Å². The summed E-state index contributed by atoms with van der Waals surface area (Å²) in [6.45, 7) is 8.63. The fourth-order valence-corrected chi connectivity index (χ4v) is 4.56. The molecule has 0 saturated carbocycles. The minimum atomic E-state index is -3.76. The van der Waals surface area contributed by atoms with E-state index >= 15 is 0 Å². The predicted octanol–water partition coefficient (Wildman–Crippen LogP) is 6.54. The highest BCUT2D eigenvalue weighted by atomic mass is 79.9. The predicted molar refractivity (Wildman–Crippen MR) is 140 cm³/mol. The first kappa shape index (κ1) is 25.8. The first-order chi connectivity index (χ1) is 16.0. The van der Waals surface area contributed by atoms with Crippen molar-refractivity contribution < 1.29 is 17.9 Å². The van der Waals surface area contributed by atoms with Gasteiger partial charge >= 0.3 is 0 Å². The van der Waals surface area contributed by atoms with Crippen molar-refractivity contribution in [1.29, 1.82) is 0 Å². The zero-order chi connectivity index (χ0) is 24.9. The molecule has 34 heavy (non-hydrogen) atoms. The molecule has 2 N–H and O–H groups in total. The van der Waals surface area contributed by atoms with Crippen molar-refractivity contribution in [3.05, 3.63) is 81.8 Å². The normalized spacial score (nSPS) is 11.4. The molecule has 0 saturated heterocycles. The number of rotatable bonds is 9. The van der Waals surface area contributed by atoms with Gasteiger partial charge in [0.25, 0.3) is 15.9 Å². The second-order valence-corrected chi connectivity index (χ2v) is 11.2. The molecule has 3 rings (SSSR count). The van der Waals surface area contributed by atoms with Crippen LogP contribution >= 0.6 is 15.9 Å². The van der Waals surface area contributed by atoms with Crippen molar-refractivity contribution in [3.8, 4) is 5.75 Å². The van der Waals surface area contributed by atoms with Crippen LogP contribution in [0.2, 0.25) is 0 Å². The monoisotopic (exact) mass is 544 g/mol. The number of carbonyl (C=O) groups is 1. The summed E-state index contributed by atoms with van der Waals surface area (Å²) >= 11 is 3.40. The molecule has 0 aliphatic heterocycles. The number of ether oxygens (including phenoxy) is 1. The Morgan fingerprint density at radius 1 is 0.941 bits per heavy atom. The summed E-state index contributed by atoms with van der Waals surface area (Å²) in [6.07, 6.45) is 0.878. The Kier molecular flexibility index (Phi) is 8.38. The molecule has 3 aromatic carbocycles. The SMILES string of the molecule is Cc1ccc(NS(=O)(=O)c2ccc(NC(=O)c3cc(Br)ccc3OCCC(C)C)cc2)cc1C. The van der Waals surface area contributed by atoms with Crippen LogP contribution in [0.25, 0.3) is 0 Å².